The highest BCUT2D eigenvalue weighted by Crippen LogP contribution is 2.14. The van der Waals surface area contributed by atoms with Crippen LogP contribution in [-0.2, 0) is 6.54 Å². The van der Waals surface area contributed by atoms with Crippen molar-refractivity contribution >= 4 is 0 Å². The molecule has 0 aliphatic carbocycles. The zero-order valence-corrected chi connectivity index (χ0v) is 8.32. The Labute approximate surface area is 82.3 Å². The second-order valence-corrected chi connectivity index (χ2v) is 3.28. The number of furan rings is 1. The number of nitrogens with two attached hydrogens (primary N) is 1. The van der Waals surface area contributed by atoms with Crippen molar-refractivity contribution in [1.29, 1.82) is 0 Å². The fraction of sp³-hybridized carbons (Fsp3) is 0.300. The lowest BCUT2D eigenvalue weighted by molar-refractivity contribution is 0.476. The van der Waals surface area contributed by atoms with Gasteiger partial charge in [0.25, 0.3) is 0 Å². The Bertz CT molecular complexity index is 442. The molecule has 2 N–H and O–H groups in total. The summed E-state index contributed by atoms with van der Waals surface area (Å²) in [5.41, 5.74) is 7.50. The van der Waals surface area contributed by atoms with Gasteiger partial charge in [0.05, 0.1) is 12.2 Å². The average Bonchev–Trinajstić information content (AvgIpc) is 2.71. The first-order chi connectivity index (χ1) is 6.70. The molecule has 2 aromatic heterocycles. The van der Waals surface area contributed by atoms with Gasteiger partial charge in [0, 0.05) is 11.8 Å². The molecule has 0 unspecified atom stereocenters. The van der Waals surface area contributed by atoms with Crippen LogP contribution in [0.15, 0.2) is 22.6 Å². The van der Waals surface area contributed by atoms with Crippen LogP contribution >= 0.6 is 0 Å². The minimum absolute atomic E-state index is 0.416. The predicted molar refractivity (Wildman–Crippen MR) is 53.2 cm³/mol. The summed E-state index contributed by atoms with van der Waals surface area (Å²) in [4.78, 5) is 0. The number of hydrogen-bond donors (Lipinski definition) is 1. The van der Waals surface area contributed by atoms with Crippen molar-refractivity contribution < 1.29 is 4.42 Å². The van der Waals surface area contributed by atoms with Crippen molar-refractivity contribution in [2.75, 3.05) is 0 Å². The second-order valence-electron chi connectivity index (χ2n) is 3.28. The maximum Gasteiger partial charge on any atom is 0.220 e. The van der Waals surface area contributed by atoms with Crippen LogP contribution in [0.5, 0.6) is 0 Å². The predicted octanol–water partition coefficient (Wildman–Crippen LogP) is 1.54. The number of aryl methyl sites for hydroxylation is 2. The fourth-order valence-electron chi connectivity index (χ4n) is 1.44. The summed E-state index contributed by atoms with van der Waals surface area (Å²) in [6.45, 7) is 4.36. The lowest BCUT2D eigenvalue weighted by Crippen LogP contribution is -1.97. The Balaban J connectivity index is 2.43. The van der Waals surface area contributed by atoms with Crippen molar-refractivity contribution in [1.82, 2.24) is 9.78 Å². The molecule has 0 fully saturated rings. The highest BCUT2D eigenvalue weighted by atomic mass is 16.4. The standard InChI is InChI=1S/C10H13N3O/c1-7-5-8(2)13(12-7)10-4-3-9(6-11)14-10/h3-5H,6,11H2,1-2H3. The van der Waals surface area contributed by atoms with E-state index in [4.69, 9.17) is 10.2 Å². The zero-order chi connectivity index (χ0) is 10.1. The van der Waals surface area contributed by atoms with Crippen LogP contribution in [0, 0.1) is 13.8 Å². The summed E-state index contributed by atoms with van der Waals surface area (Å²) in [5.74, 6) is 1.49. The van der Waals surface area contributed by atoms with Gasteiger partial charge in [0.1, 0.15) is 5.76 Å². The third-order valence-electron chi connectivity index (χ3n) is 2.07. The van der Waals surface area contributed by atoms with Crippen molar-refractivity contribution in [3.8, 4) is 5.88 Å². The highest BCUT2D eigenvalue weighted by molar-refractivity contribution is 5.24. The molecule has 0 aliphatic rings. The van der Waals surface area contributed by atoms with Gasteiger partial charge < -0.3 is 10.2 Å². The Hall–Kier alpha value is -1.55. The van der Waals surface area contributed by atoms with E-state index in [1.165, 1.54) is 0 Å². The lowest BCUT2D eigenvalue weighted by atomic mass is 10.4. The van der Waals surface area contributed by atoms with Crippen LogP contribution in [-0.4, -0.2) is 9.78 Å². The van der Waals surface area contributed by atoms with E-state index in [-0.39, 0.29) is 0 Å². The van der Waals surface area contributed by atoms with Crippen molar-refractivity contribution in [2.45, 2.75) is 20.4 Å². The summed E-state index contributed by atoms with van der Waals surface area (Å²) < 4.78 is 7.26. The van der Waals surface area contributed by atoms with E-state index in [0.717, 1.165) is 23.0 Å². The molecule has 74 valence electrons. The Morgan fingerprint density at radius 3 is 2.71 bits per heavy atom. The molecule has 2 heterocycles. The van der Waals surface area contributed by atoms with Crippen molar-refractivity contribution in [2.24, 2.45) is 5.73 Å². The number of nitrogens with zero attached hydrogens (tertiary/aromatic N) is 2. The molecule has 0 atom stereocenters. The van der Waals surface area contributed by atoms with Crippen LogP contribution in [0.4, 0.5) is 0 Å². The van der Waals surface area contributed by atoms with Crippen LogP contribution in [0.3, 0.4) is 0 Å². The smallest absolute Gasteiger partial charge is 0.220 e. The van der Waals surface area contributed by atoms with Crippen molar-refractivity contribution in [3.05, 3.63) is 35.3 Å². The molecule has 4 nitrogen and oxygen atoms in total. The van der Waals surface area contributed by atoms with Gasteiger partial charge in [-0.25, -0.2) is 4.68 Å². The Morgan fingerprint density at radius 2 is 2.21 bits per heavy atom. The molecule has 0 saturated heterocycles. The van der Waals surface area contributed by atoms with Gasteiger partial charge in [0.15, 0.2) is 0 Å². The van der Waals surface area contributed by atoms with E-state index in [2.05, 4.69) is 5.10 Å². The third kappa shape index (κ3) is 1.44. The molecular weight excluding hydrogens is 178 g/mol. The van der Waals surface area contributed by atoms with Crippen LogP contribution in [0.2, 0.25) is 0 Å². The first kappa shape index (κ1) is 9.02. The molecule has 14 heavy (non-hydrogen) atoms. The van der Waals surface area contributed by atoms with Gasteiger partial charge in [-0.15, -0.1) is 0 Å². The Kier molecular flexibility index (Phi) is 2.13. The van der Waals surface area contributed by atoms with Crippen LogP contribution in [0.1, 0.15) is 17.1 Å². The molecule has 2 rings (SSSR count). The number of hydrogen-bond acceptors (Lipinski definition) is 3. The van der Waals surface area contributed by atoms with Crippen molar-refractivity contribution in [3.63, 3.8) is 0 Å². The van der Waals surface area contributed by atoms with E-state index in [1.807, 2.05) is 32.0 Å². The van der Waals surface area contributed by atoms with Gasteiger partial charge in [0.2, 0.25) is 5.88 Å². The average molecular weight is 191 g/mol. The van der Waals surface area contributed by atoms with Gasteiger partial charge >= 0.3 is 0 Å². The van der Waals surface area contributed by atoms with Gasteiger partial charge in [-0.05, 0) is 26.0 Å². The first-order valence-corrected chi connectivity index (χ1v) is 4.53. The second kappa shape index (κ2) is 3.31. The summed E-state index contributed by atoms with van der Waals surface area (Å²) in [5, 5.41) is 4.31. The van der Waals surface area contributed by atoms with Crippen LogP contribution in [0.25, 0.3) is 5.88 Å². The first-order valence-electron chi connectivity index (χ1n) is 4.53. The summed E-state index contributed by atoms with van der Waals surface area (Å²) in [7, 11) is 0. The third-order valence-corrected chi connectivity index (χ3v) is 2.07. The van der Waals surface area contributed by atoms with E-state index >= 15 is 0 Å². The number of aromatic nitrogens is 2. The minimum atomic E-state index is 0.416. The van der Waals surface area contributed by atoms with Gasteiger partial charge in [-0.1, -0.05) is 0 Å². The monoisotopic (exact) mass is 191 g/mol. The quantitative estimate of drug-likeness (QED) is 0.783. The molecule has 0 saturated carbocycles. The molecule has 0 radical (unpaired) electrons. The Morgan fingerprint density at radius 1 is 1.43 bits per heavy atom. The maximum atomic E-state index is 5.49. The SMILES string of the molecule is Cc1cc(C)n(-c2ccc(CN)o2)n1. The minimum Gasteiger partial charge on any atom is -0.442 e. The van der Waals surface area contributed by atoms with E-state index in [9.17, 15) is 0 Å². The molecular formula is C10H13N3O. The van der Waals surface area contributed by atoms with Gasteiger partial charge in [-0.3, -0.25) is 0 Å². The fourth-order valence-corrected chi connectivity index (χ4v) is 1.44. The normalized spacial score (nSPS) is 10.8. The van der Waals surface area contributed by atoms with Gasteiger partial charge in [-0.2, -0.15) is 5.10 Å². The topological polar surface area (TPSA) is 57.0 Å². The summed E-state index contributed by atoms with van der Waals surface area (Å²) in [6, 6.07) is 5.75. The molecule has 0 amide bonds. The maximum absolute atomic E-state index is 5.49. The van der Waals surface area contributed by atoms with E-state index < -0.39 is 0 Å². The molecule has 4 heteroatoms. The highest BCUT2D eigenvalue weighted by Gasteiger charge is 2.07. The molecule has 0 bridgehead atoms. The molecule has 2 aromatic rings. The van der Waals surface area contributed by atoms with Crippen LogP contribution < -0.4 is 5.73 Å². The molecule has 0 aliphatic heterocycles. The van der Waals surface area contributed by atoms with E-state index in [1.54, 1.807) is 4.68 Å². The lowest BCUT2D eigenvalue weighted by Gasteiger charge is -1.98. The van der Waals surface area contributed by atoms with E-state index in [0.29, 0.717) is 6.54 Å². The largest absolute Gasteiger partial charge is 0.442 e. The molecule has 0 spiro atoms. The summed E-state index contributed by atoms with van der Waals surface area (Å²) in [6.07, 6.45) is 0. The zero-order valence-electron chi connectivity index (χ0n) is 8.32. The number of rotatable bonds is 2. The molecule has 0 aromatic carbocycles. The summed E-state index contributed by atoms with van der Waals surface area (Å²) >= 11 is 0.